The summed E-state index contributed by atoms with van der Waals surface area (Å²) in [6.45, 7) is 10.6. The van der Waals surface area contributed by atoms with E-state index < -0.39 is 0 Å². The summed E-state index contributed by atoms with van der Waals surface area (Å²) in [5, 5.41) is 0. The highest BCUT2D eigenvalue weighted by Gasteiger charge is 2.05. The first-order valence-corrected chi connectivity index (χ1v) is 11.6. The van der Waals surface area contributed by atoms with Gasteiger partial charge in [0.05, 0.1) is 0 Å². The van der Waals surface area contributed by atoms with Crippen LogP contribution in [0.25, 0.3) is 0 Å². The molecule has 0 spiro atoms. The minimum absolute atomic E-state index is 0.171. The maximum atomic E-state index is 12.1. The number of aryl methyl sites for hydroxylation is 4. The van der Waals surface area contributed by atoms with Crippen LogP contribution in [0.2, 0.25) is 0 Å². The molecular weight excluding hydrogens is 379 g/mol. The number of hydrogen-bond acceptors (Lipinski definition) is 0. The number of halogens is 1. The number of benzene rings is 3. The molecule has 1 saturated carbocycles. The van der Waals surface area contributed by atoms with E-state index in [1.807, 2.05) is 25.1 Å². The standard InChI is InChI=1S/C8H10.C8H16.C7H7F.C7H8/c1-7-3-5-8(2)6-4-7;1-8-6-4-2-3-5-7-8;1-6-2-4-7(8)5-3-6;1-7-5-3-2-4-6-7/h3-6H,1-2H3;8H,2-7H2,1H3;2-5H,1H3;2-6H,1H3. The molecule has 1 fully saturated rings. The maximum Gasteiger partial charge on any atom is 0.123 e. The smallest absolute Gasteiger partial charge is 0.123 e. The third-order valence-corrected chi connectivity index (χ3v) is 5.31. The lowest BCUT2D eigenvalue weighted by Gasteiger charge is -2.02. The van der Waals surface area contributed by atoms with E-state index in [4.69, 9.17) is 0 Å². The van der Waals surface area contributed by atoms with Gasteiger partial charge in [-0.05, 0) is 45.7 Å². The predicted octanol–water partition coefficient (Wildman–Crippen LogP) is 9.41. The maximum absolute atomic E-state index is 12.1. The van der Waals surface area contributed by atoms with E-state index in [0.29, 0.717) is 0 Å². The summed E-state index contributed by atoms with van der Waals surface area (Å²) in [6, 6.07) is 25.1. The Hall–Kier alpha value is -2.41. The molecule has 3 aromatic carbocycles. The normalized spacial score (nSPS) is 13.2. The number of rotatable bonds is 0. The van der Waals surface area contributed by atoms with Crippen molar-refractivity contribution in [1.29, 1.82) is 0 Å². The highest BCUT2D eigenvalue weighted by atomic mass is 19.1. The highest BCUT2D eigenvalue weighted by molar-refractivity contribution is 5.19. The Kier molecular flexibility index (Phi) is 14.0. The molecule has 0 heterocycles. The van der Waals surface area contributed by atoms with Gasteiger partial charge in [0.15, 0.2) is 0 Å². The minimum Gasteiger partial charge on any atom is -0.207 e. The van der Waals surface area contributed by atoms with Crippen molar-refractivity contribution in [2.45, 2.75) is 73.1 Å². The molecule has 0 saturated heterocycles. The van der Waals surface area contributed by atoms with Gasteiger partial charge in [0.2, 0.25) is 0 Å². The Bertz CT molecular complexity index is 695. The first-order chi connectivity index (χ1) is 14.9. The van der Waals surface area contributed by atoms with Gasteiger partial charge in [-0.2, -0.15) is 0 Å². The van der Waals surface area contributed by atoms with Crippen LogP contribution in [0.5, 0.6) is 0 Å². The first-order valence-electron chi connectivity index (χ1n) is 11.6. The third-order valence-electron chi connectivity index (χ3n) is 5.31. The molecule has 0 nitrogen and oxygen atoms in total. The van der Waals surface area contributed by atoms with Crippen molar-refractivity contribution in [2.75, 3.05) is 0 Å². The monoisotopic (exact) mass is 420 g/mol. The van der Waals surface area contributed by atoms with E-state index >= 15 is 0 Å². The van der Waals surface area contributed by atoms with Crippen molar-refractivity contribution in [2.24, 2.45) is 5.92 Å². The summed E-state index contributed by atoms with van der Waals surface area (Å²) in [4.78, 5) is 0. The summed E-state index contributed by atoms with van der Waals surface area (Å²) < 4.78 is 12.1. The van der Waals surface area contributed by atoms with E-state index in [1.165, 1.54) is 67.3 Å². The summed E-state index contributed by atoms with van der Waals surface area (Å²) >= 11 is 0. The topological polar surface area (TPSA) is 0 Å². The van der Waals surface area contributed by atoms with Gasteiger partial charge in [-0.1, -0.05) is 134 Å². The second-order valence-electron chi connectivity index (χ2n) is 8.70. The van der Waals surface area contributed by atoms with Crippen LogP contribution in [-0.2, 0) is 0 Å². The van der Waals surface area contributed by atoms with Crippen molar-refractivity contribution >= 4 is 0 Å². The Morgan fingerprint density at radius 2 is 0.871 bits per heavy atom. The third kappa shape index (κ3) is 15.1. The second-order valence-corrected chi connectivity index (χ2v) is 8.70. The molecule has 3 aromatic rings. The van der Waals surface area contributed by atoms with Crippen LogP contribution in [0.15, 0.2) is 78.9 Å². The van der Waals surface area contributed by atoms with E-state index in [-0.39, 0.29) is 5.82 Å². The zero-order valence-electron chi connectivity index (χ0n) is 20.2. The van der Waals surface area contributed by atoms with Crippen molar-refractivity contribution < 1.29 is 4.39 Å². The molecule has 31 heavy (non-hydrogen) atoms. The lowest BCUT2D eigenvalue weighted by Crippen LogP contribution is -1.88. The van der Waals surface area contributed by atoms with Crippen LogP contribution >= 0.6 is 0 Å². The van der Waals surface area contributed by atoms with Crippen LogP contribution in [0.4, 0.5) is 4.39 Å². The fourth-order valence-electron chi connectivity index (χ4n) is 3.19. The average molecular weight is 421 g/mol. The summed E-state index contributed by atoms with van der Waals surface area (Å²) in [5.41, 5.74) is 5.07. The summed E-state index contributed by atoms with van der Waals surface area (Å²) in [7, 11) is 0. The molecular formula is C30H41F. The van der Waals surface area contributed by atoms with Gasteiger partial charge >= 0.3 is 0 Å². The van der Waals surface area contributed by atoms with Gasteiger partial charge in [-0.25, -0.2) is 4.39 Å². The molecule has 4 rings (SSSR count). The van der Waals surface area contributed by atoms with Gasteiger partial charge in [-0.3, -0.25) is 0 Å². The van der Waals surface area contributed by atoms with Crippen molar-refractivity contribution in [3.63, 3.8) is 0 Å². The largest absolute Gasteiger partial charge is 0.207 e. The van der Waals surface area contributed by atoms with Gasteiger partial charge < -0.3 is 0 Å². The lowest BCUT2D eigenvalue weighted by molar-refractivity contribution is 0.505. The zero-order chi connectivity index (χ0) is 22.9. The van der Waals surface area contributed by atoms with Crippen LogP contribution in [0.1, 0.15) is 67.7 Å². The molecule has 1 aliphatic rings. The Morgan fingerprint density at radius 3 is 1.19 bits per heavy atom. The number of hydrogen-bond donors (Lipinski definition) is 0. The lowest BCUT2D eigenvalue weighted by atomic mass is 10.0. The average Bonchev–Trinajstić information content (AvgIpc) is 3.02. The summed E-state index contributed by atoms with van der Waals surface area (Å²) in [6.07, 6.45) is 8.93. The van der Waals surface area contributed by atoms with Crippen molar-refractivity contribution in [3.05, 3.63) is 107 Å². The minimum atomic E-state index is -0.171. The molecule has 0 bridgehead atoms. The molecule has 1 heteroatoms. The molecule has 1 aliphatic carbocycles. The SMILES string of the molecule is CC1CCCCCC1.Cc1ccc(C)cc1.Cc1ccc(F)cc1.Cc1ccccc1. The fraction of sp³-hybridized carbons (Fsp3) is 0.400. The van der Waals surface area contributed by atoms with Crippen molar-refractivity contribution in [3.8, 4) is 0 Å². The van der Waals surface area contributed by atoms with Crippen LogP contribution in [0, 0.1) is 39.4 Å². The molecule has 0 unspecified atom stereocenters. The fourth-order valence-corrected chi connectivity index (χ4v) is 3.19. The van der Waals surface area contributed by atoms with Gasteiger partial charge in [-0.15, -0.1) is 0 Å². The Morgan fingerprint density at radius 1 is 0.516 bits per heavy atom. The van der Waals surface area contributed by atoms with Gasteiger partial charge in [0, 0.05) is 0 Å². The molecule has 0 amide bonds. The second kappa shape index (κ2) is 16.3. The van der Waals surface area contributed by atoms with E-state index in [1.54, 1.807) is 12.1 Å². The van der Waals surface area contributed by atoms with Crippen LogP contribution in [0.3, 0.4) is 0 Å². The highest BCUT2D eigenvalue weighted by Crippen LogP contribution is 2.21. The quantitative estimate of drug-likeness (QED) is 0.318. The first kappa shape index (κ1) is 26.6. The van der Waals surface area contributed by atoms with E-state index in [0.717, 1.165) is 11.5 Å². The summed E-state index contributed by atoms with van der Waals surface area (Å²) in [5.74, 6) is 0.855. The molecule has 0 aliphatic heterocycles. The molecule has 168 valence electrons. The van der Waals surface area contributed by atoms with Gasteiger partial charge in [0.1, 0.15) is 5.82 Å². The van der Waals surface area contributed by atoms with Crippen LogP contribution in [-0.4, -0.2) is 0 Å². The van der Waals surface area contributed by atoms with Gasteiger partial charge in [0.25, 0.3) is 0 Å². The van der Waals surface area contributed by atoms with Crippen LogP contribution < -0.4 is 0 Å². The van der Waals surface area contributed by atoms with E-state index in [2.05, 4.69) is 64.1 Å². The van der Waals surface area contributed by atoms with E-state index in [9.17, 15) is 4.39 Å². The molecule has 0 atom stereocenters. The molecule has 0 radical (unpaired) electrons. The van der Waals surface area contributed by atoms with Crippen molar-refractivity contribution in [1.82, 2.24) is 0 Å². The predicted molar refractivity (Wildman–Crippen MR) is 135 cm³/mol. The molecule has 0 aromatic heterocycles. The molecule has 0 N–H and O–H groups in total. The zero-order valence-corrected chi connectivity index (χ0v) is 20.2. The Balaban J connectivity index is 0.000000207. The Labute approximate surface area is 190 Å².